The molecule has 0 saturated carbocycles. The van der Waals surface area contributed by atoms with E-state index >= 15 is 0 Å². The lowest BCUT2D eigenvalue weighted by Crippen LogP contribution is -2.27. The van der Waals surface area contributed by atoms with Crippen molar-refractivity contribution in [2.45, 2.75) is 6.92 Å². The van der Waals surface area contributed by atoms with E-state index in [1.165, 1.54) is 13.0 Å². The molecule has 0 radical (unpaired) electrons. The average Bonchev–Trinajstić information content (AvgIpc) is 1.65. The fourth-order valence-electron chi connectivity index (χ4n) is 0.0962. The Morgan fingerprint density at radius 1 is 2.00 bits per heavy atom. The normalized spacial score (nSPS) is 12.7. The molecule has 0 saturated heterocycles. The van der Waals surface area contributed by atoms with Crippen molar-refractivity contribution in [3.63, 3.8) is 0 Å². The Hall–Kier alpha value is -0.790. The lowest BCUT2D eigenvalue weighted by atomic mass is 10.2. The Bertz CT molecular complexity index is 86.1. The van der Waals surface area contributed by atoms with Crippen LogP contribution in [0.4, 0.5) is 0 Å². The third-order valence-electron chi connectivity index (χ3n) is 0.725. The first-order valence-electron chi connectivity index (χ1n) is 2.02. The lowest BCUT2D eigenvalue weighted by molar-refractivity contribution is -0.309. The van der Waals surface area contributed by atoms with Gasteiger partial charge in [0.1, 0.15) is 0 Å². The summed E-state index contributed by atoms with van der Waals surface area (Å²) in [7, 11) is 0. The average molecular weight is 99.1 g/mol. The van der Waals surface area contributed by atoms with Crippen LogP contribution in [0.5, 0.6) is 0 Å². The van der Waals surface area contributed by atoms with E-state index in [9.17, 15) is 9.90 Å². The Morgan fingerprint density at radius 3 is 2.43 bits per heavy atom. The van der Waals surface area contributed by atoms with E-state index < -0.39 is 11.9 Å². The minimum Gasteiger partial charge on any atom is -0.550 e. The molecule has 40 valence electrons. The van der Waals surface area contributed by atoms with Crippen molar-refractivity contribution in [2.24, 2.45) is 5.92 Å². The maximum absolute atomic E-state index is 9.75. The number of rotatable bonds is 2. The summed E-state index contributed by atoms with van der Waals surface area (Å²) in [6, 6.07) is 0. The molecule has 0 spiro atoms. The van der Waals surface area contributed by atoms with Crippen molar-refractivity contribution < 1.29 is 9.90 Å². The molecule has 0 rings (SSSR count). The van der Waals surface area contributed by atoms with Gasteiger partial charge in [-0.15, -0.1) is 6.58 Å². The summed E-state index contributed by atoms with van der Waals surface area (Å²) in [6.07, 6.45) is 1.33. The molecule has 2 heteroatoms. The van der Waals surface area contributed by atoms with Crippen LogP contribution in [0.1, 0.15) is 6.92 Å². The highest BCUT2D eigenvalue weighted by Crippen LogP contribution is 1.89. The molecule has 0 aliphatic rings. The summed E-state index contributed by atoms with van der Waals surface area (Å²) < 4.78 is 0. The Balaban J connectivity index is 3.55. The van der Waals surface area contributed by atoms with Crippen LogP contribution in [0, 0.1) is 5.92 Å². The number of carboxylic acids is 1. The standard InChI is InChI=1S/C5H8O2/c1-3-4(2)5(6)7/h3-4H,1H2,2H3,(H,6,7)/p-1. The molecular weight excluding hydrogens is 92.1 g/mol. The number of hydrogen-bond donors (Lipinski definition) is 0. The van der Waals surface area contributed by atoms with Gasteiger partial charge in [0.15, 0.2) is 0 Å². The molecule has 0 aliphatic carbocycles. The molecule has 0 aromatic rings. The Labute approximate surface area is 42.5 Å². The zero-order valence-electron chi connectivity index (χ0n) is 4.18. The van der Waals surface area contributed by atoms with Crippen molar-refractivity contribution in [1.82, 2.24) is 0 Å². The van der Waals surface area contributed by atoms with Gasteiger partial charge >= 0.3 is 0 Å². The third-order valence-corrected chi connectivity index (χ3v) is 0.725. The van der Waals surface area contributed by atoms with Crippen molar-refractivity contribution in [3.8, 4) is 0 Å². The molecule has 1 atom stereocenters. The molecule has 7 heavy (non-hydrogen) atoms. The highest BCUT2D eigenvalue weighted by molar-refractivity contribution is 5.69. The zero-order chi connectivity index (χ0) is 5.86. The molecular formula is C5H7O2-. The molecule has 0 aliphatic heterocycles. The number of aliphatic carboxylic acids is 1. The molecule has 0 N–H and O–H groups in total. The van der Waals surface area contributed by atoms with Crippen LogP contribution < -0.4 is 5.11 Å². The molecule has 0 aromatic carbocycles. The molecule has 0 heterocycles. The second-order valence-electron chi connectivity index (χ2n) is 1.34. The number of carbonyl (C=O) groups excluding carboxylic acids is 1. The largest absolute Gasteiger partial charge is 0.550 e. The number of hydrogen-bond acceptors (Lipinski definition) is 2. The van der Waals surface area contributed by atoms with E-state index in [-0.39, 0.29) is 0 Å². The highest BCUT2D eigenvalue weighted by Gasteiger charge is 1.91. The number of carboxylic acid groups (broad SMARTS) is 1. The van der Waals surface area contributed by atoms with E-state index in [2.05, 4.69) is 6.58 Å². The maximum atomic E-state index is 9.75. The van der Waals surface area contributed by atoms with Crippen LogP contribution in [0.3, 0.4) is 0 Å². The molecule has 1 unspecified atom stereocenters. The van der Waals surface area contributed by atoms with E-state index in [0.717, 1.165) is 0 Å². The van der Waals surface area contributed by atoms with Crippen molar-refractivity contribution >= 4 is 5.97 Å². The highest BCUT2D eigenvalue weighted by atomic mass is 16.4. The van der Waals surface area contributed by atoms with Gasteiger partial charge in [-0.05, 0) is 0 Å². The van der Waals surface area contributed by atoms with Gasteiger partial charge in [0.05, 0.1) is 0 Å². The lowest BCUT2D eigenvalue weighted by Gasteiger charge is -2.03. The summed E-state index contributed by atoms with van der Waals surface area (Å²) in [6.45, 7) is 4.78. The fourth-order valence-corrected chi connectivity index (χ4v) is 0.0962. The van der Waals surface area contributed by atoms with Crippen LogP contribution in [-0.2, 0) is 4.79 Å². The first-order valence-corrected chi connectivity index (χ1v) is 2.02. The molecule has 0 aromatic heterocycles. The smallest absolute Gasteiger partial charge is 0.0480 e. The van der Waals surface area contributed by atoms with E-state index in [1.807, 2.05) is 0 Å². The first-order chi connectivity index (χ1) is 3.18. The van der Waals surface area contributed by atoms with Crippen LogP contribution in [0.2, 0.25) is 0 Å². The van der Waals surface area contributed by atoms with Gasteiger partial charge in [-0.25, -0.2) is 0 Å². The molecule has 0 fully saturated rings. The molecule has 0 bridgehead atoms. The second kappa shape index (κ2) is 2.39. The molecule has 2 nitrogen and oxygen atoms in total. The van der Waals surface area contributed by atoms with Gasteiger partial charge in [-0.2, -0.15) is 0 Å². The predicted molar refractivity (Wildman–Crippen MR) is 24.4 cm³/mol. The van der Waals surface area contributed by atoms with Crippen molar-refractivity contribution in [1.29, 1.82) is 0 Å². The summed E-state index contributed by atoms with van der Waals surface area (Å²) in [5.41, 5.74) is 0. The second-order valence-corrected chi connectivity index (χ2v) is 1.34. The van der Waals surface area contributed by atoms with Gasteiger partial charge in [-0.3, -0.25) is 0 Å². The summed E-state index contributed by atoms with van der Waals surface area (Å²) in [4.78, 5) is 9.75. The van der Waals surface area contributed by atoms with Gasteiger partial charge in [0.25, 0.3) is 0 Å². The van der Waals surface area contributed by atoms with Crippen LogP contribution in [0.15, 0.2) is 12.7 Å². The van der Waals surface area contributed by atoms with E-state index in [1.54, 1.807) is 0 Å². The summed E-state index contributed by atoms with van der Waals surface area (Å²) in [5, 5.41) is 9.75. The van der Waals surface area contributed by atoms with Crippen LogP contribution in [0.25, 0.3) is 0 Å². The minimum atomic E-state index is -1.07. The minimum absolute atomic E-state index is 0.528. The summed E-state index contributed by atoms with van der Waals surface area (Å²) >= 11 is 0. The summed E-state index contributed by atoms with van der Waals surface area (Å²) in [5.74, 6) is -1.60. The van der Waals surface area contributed by atoms with Crippen molar-refractivity contribution in [2.75, 3.05) is 0 Å². The Morgan fingerprint density at radius 2 is 2.43 bits per heavy atom. The van der Waals surface area contributed by atoms with Gasteiger partial charge in [0, 0.05) is 11.9 Å². The van der Waals surface area contributed by atoms with E-state index in [4.69, 9.17) is 0 Å². The fraction of sp³-hybridized carbons (Fsp3) is 0.400. The predicted octanol–water partition coefficient (Wildman–Crippen LogP) is -0.442. The quantitative estimate of drug-likeness (QED) is 0.440. The van der Waals surface area contributed by atoms with Crippen molar-refractivity contribution in [3.05, 3.63) is 12.7 Å². The van der Waals surface area contributed by atoms with E-state index in [0.29, 0.717) is 0 Å². The first kappa shape index (κ1) is 6.21. The zero-order valence-corrected chi connectivity index (χ0v) is 4.18. The van der Waals surface area contributed by atoms with Gasteiger partial charge in [-0.1, -0.05) is 13.0 Å². The third kappa shape index (κ3) is 1.98. The SMILES string of the molecule is C=CC(C)C(=O)[O-]. The monoisotopic (exact) mass is 99.0 g/mol. The van der Waals surface area contributed by atoms with Gasteiger partial charge in [0.2, 0.25) is 0 Å². The van der Waals surface area contributed by atoms with Gasteiger partial charge < -0.3 is 9.90 Å². The topological polar surface area (TPSA) is 40.1 Å². The Kier molecular flexibility index (Phi) is 2.12. The number of carbonyl (C=O) groups is 1. The maximum Gasteiger partial charge on any atom is 0.0480 e. The van der Waals surface area contributed by atoms with Crippen LogP contribution >= 0.6 is 0 Å². The molecule has 0 amide bonds. The van der Waals surface area contributed by atoms with Crippen LogP contribution in [-0.4, -0.2) is 5.97 Å².